The predicted octanol–water partition coefficient (Wildman–Crippen LogP) is 2.43. The topological polar surface area (TPSA) is 15.3 Å². The van der Waals surface area contributed by atoms with E-state index in [4.69, 9.17) is 0 Å². The largest absolute Gasteiger partial charge is 0.310 e. The number of halogens is 1. The molecule has 0 aliphatic heterocycles. The molecule has 3 heteroatoms. The summed E-state index contributed by atoms with van der Waals surface area (Å²) in [5.41, 5.74) is 1.13. The summed E-state index contributed by atoms with van der Waals surface area (Å²) in [5, 5.41) is 3.42. The molecule has 0 amide bonds. The first kappa shape index (κ1) is 13.1. The molecule has 0 bridgehead atoms. The van der Waals surface area contributed by atoms with Gasteiger partial charge in [-0.3, -0.25) is 0 Å². The summed E-state index contributed by atoms with van der Waals surface area (Å²) in [6.07, 6.45) is 1.12. The highest BCUT2D eigenvalue weighted by Gasteiger charge is 2.03. The van der Waals surface area contributed by atoms with E-state index in [0.29, 0.717) is 0 Å². The van der Waals surface area contributed by atoms with E-state index in [9.17, 15) is 4.39 Å². The van der Waals surface area contributed by atoms with Crippen molar-refractivity contribution in [1.29, 1.82) is 0 Å². The van der Waals surface area contributed by atoms with Crippen LogP contribution in [0.3, 0.4) is 0 Å². The Morgan fingerprint density at radius 3 is 2.44 bits per heavy atom. The van der Waals surface area contributed by atoms with Crippen LogP contribution in [0.15, 0.2) is 24.3 Å². The van der Waals surface area contributed by atoms with Crippen molar-refractivity contribution >= 4 is 0 Å². The fourth-order valence-electron chi connectivity index (χ4n) is 1.58. The minimum Gasteiger partial charge on any atom is -0.310 e. The van der Waals surface area contributed by atoms with Crippen molar-refractivity contribution in [2.75, 3.05) is 27.2 Å². The molecule has 0 heterocycles. The average Bonchev–Trinajstić information content (AvgIpc) is 2.25. The van der Waals surface area contributed by atoms with Gasteiger partial charge < -0.3 is 10.2 Å². The van der Waals surface area contributed by atoms with Gasteiger partial charge in [-0.1, -0.05) is 12.1 Å². The van der Waals surface area contributed by atoms with Crippen molar-refractivity contribution in [3.63, 3.8) is 0 Å². The lowest BCUT2D eigenvalue weighted by molar-refractivity contribution is 0.389. The monoisotopic (exact) mass is 224 g/mol. The standard InChI is InChI=1S/C13H21FN2/c1-11(15-9-4-10-16(2)3)12-5-7-13(14)8-6-12/h5-8,11,15H,4,9-10H2,1-3H3. The molecule has 16 heavy (non-hydrogen) atoms. The second kappa shape index (κ2) is 6.61. The third-order valence-corrected chi connectivity index (χ3v) is 2.60. The van der Waals surface area contributed by atoms with Gasteiger partial charge in [0.1, 0.15) is 5.82 Å². The fraction of sp³-hybridized carbons (Fsp3) is 0.538. The highest BCUT2D eigenvalue weighted by molar-refractivity contribution is 5.19. The summed E-state index contributed by atoms with van der Waals surface area (Å²) < 4.78 is 12.7. The molecule has 1 unspecified atom stereocenters. The molecule has 0 fully saturated rings. The molecule has 1 N–H and O–H groups in total. The van der Waals surface area contributed by atoms with Crippen molar-refractivity contribution in [3.8, 4) is 0 Å². The van der Waals surface area contributed by atoms with Crippen LogP contribution >= 0.6 is 0 Å². The summed E-state index contributed by atoms with van der Waals surface area (Å²) in [7, 11) is 4.15. The van der Waals surface area contributed by atoms with Crippen LogP contribution in [0.2, 0.25) is 0 Å². The van der Waals surface area contributed by atoms with E-state index < -0.39 is 0 Å². The van der Waals surface area contributed by atoms with Gasteiger partial charge in [-0.15, -0.1) is 0 Å². The summed E-state index contributed by atoms with van der Waals surface area (Å²) in [5.74, 6) is -0.177. The third kappa shape index (κ3) is 4.73. The van der Waals surface area contributed by atoms with Crippen molar-refractivity contribution < 1.29 is 4.39 Å². The second-order valence-corrected chi connectivity index (χ2v) is 4.38. The SMILES string of the molecule is CC(NCCCN(C)C)c1ccc(F)cc1. The maximum absolute atomic E-state index is 12.7. The zero-order valence-corrected chi connectivity index (χ0v) is 10.3. The Kier molecular flexibility index (Phi) is 5.43. The number of benzene rings is 1. The predicted molar refractivity (Wildman–Crippen MR) is 66.0 cm³/mol. The second-order valence-electron chi connectivity index (χ2n) is 4.38. The van der Waals surface area contributed by atoms with Gasteiger partial charge >= 0.3 is 0 Å². The fourth-order valence-corrected chi connectivity index (χ4v) is 1.58. The molecule has 1 atom stereocenters. The molecule has 0 aliphatic carbocycles. The molecule has 0 radical (unpaired) electrons. The number of hydrogen-bond acceptors (Lipinski definition) is 2. The maximum atomic E-state index is 12.7. The number of nitrogens with one attached hydrogen (secondary N) is 1. The van der Waals surface area contributed by atoms with Crippen LogP contribution in [0, 0.1) is 5.82 Å². The summed E-state index contributed by atoms with van der Waals surface area (Å²) in [4.78, 5) is 2.17. The highest BCUT2D eigenvalue weighted by atomic mass is 19.1. The molecule has 90 valence electrons. The lowest BCUT2D eigenvalue weighted by Gasteiger charge is -2.15. The first-order chi connectivity index (χ1) is 7.59. The van der Waals surface area contributed by atoms with Crippen LogP contribution in [0.25, 0.3) is 0 Å². The highest BCUT2D eigenvalue weighted by Crippen LogP contribution is 2.12. The Morgan fingerprint density at radius 1 is 1.25 bits per heavy atom. The van der Waals surface area contributed by atoms with E-state index in [0.717, 1.165) is 25.1 Å². The molecule has 1 aromatic rings. The summed E-state index contributed by atoms with van der Waals surface area (Å²) in [6, 6.07) is 6.96. The molecule has 2 nitrogen and oxygen atoms in total. The van der Waals surface area contributed by atoms with E-state index >= 15 is 0 Å². The first-order valence-corrected chi connectivity index (χ1v) is 5.73. The van der Waals surface area contributed by atoms with E-state index in [1.807, 2.05) is 12.1 Å². The van der Waals surface area contributed by atoms with Crippen LogP contribution in [-0.4, -0.2) is 32.1 Å². The Balaban J connectivity index is 2.29. The molecule has 0 spiro atoms. The van der Waals surface area contributed by atoms with E-state index in [1.54, 1.807) is 0 Å². The van der Waals surface area contributed by atoms with Crippen molar-refractivity contribution in [2.45, 2.75) is 19.4 Å². The number of nitrogens with zero attached hydrogens (tertiary/aromatic N) is 1. The van der Waals surface area contributed by atoms with Gasteiger partial charge in [0.15, 0.2) is 0 Å². The van der Waals surface area contributed by atoms with Gasteiger partial charge in [0.25, 0.3) is 0 Å². The Hall–Kier alpha value is -0.930. The molecule has 0 aliphatic rings. The van der Waals surface area contributed by atoms with Gasteiger partial charge in [0.05, 0.1) is 0 Å². The van der Waals surface area contributed by atoms with E-state index in [2.05, 4.69) is 31.2 Å². The van der Waals surface area contributed by atoms with E-state index in [1.165, 1.54) is 12.1 Å². The third-order valence-electron chi connectivity index (χ3n) is 2.60. The van der Waals surface area contributed by atoms with Gasteiger partial charge in [0, 0.05) is 6.04 Å². The molecular weight excluding hydrogens is 203 g/mol. The van der Waals surface area contributed by atoms with Gasteiger partial charge in [-0.05, 0) is 58.2 Å². The molecule has 1 rings (SSSR count). The van der Waals surface area contributed by atoms with Crippen LogP contribution < -0.4 is 5.32 Å². The smallest absolute Gasteiger partial charge is 0.123 e. The lowest BCUT2D eigenvalue weighted by Crippen LogP contribution is -2.23. The quantitative estimate of drug-likeness (QED) is 0.747. The Labute approximate surface area is 97.5 Å². The Bertz CT molecular complexity index is 295. The average molecular weight is 224 g/mol. The van der Waals surface area contributed by atoms with Crippen molar-refractivity contribution in [1.82, 2.24) is 10.2 Å². The number of hydrogen-bond donors (Lipinski definition) is 1. The number of rotatable bonds is 6. The van der Waals surface area contributed by atoms with Crippen LogP contribution in [-0.2, 0) is 0 Å². The molecule has 0 saturated carbocycles. The Morgan fingerprint density at radius 2 is 1.88 bits per heavy atom. The minimum absolute atomic E-state index is 0.177. The van der Waals surface area contributed by atoms with Crippen LogP contribution in [0.5, 0.6) is 0 Å². The minimum atomic E-state index is -0.177. The molecule has 0 aromatic heterocycles. The first-order valence-electron chi connectivity index (χ1n) is 5.73. The summed E-state index contributed by atoms with van der Waals surface area (Å²) in [6.45, 7) is 4.17. The van der Waals surface area contributed by atoms with Crippen molar-refractivity contribution in [2.24, 2.45) is 0 Å². The van der Waals surface area contributed by atoms with Gasteiger partial charge in [-0.25, -0.2) is 4.39 Å². The molecule has 0 saturated heterocycles. The van der Waals surface area contributed by atoms with Crippen molar-refractivity contribution in [3.05, 3.63) is 35.6 Å². The zero-order chi connectivity index (χ0) is 12.0. The molecule has 1 aromatic carbocycles. The van der Waals surface area contributed by atoms with Crippen LogP contribution in [0.4, 0.5) is 4.39 Å². The lowest BCUT2D eigenvalue weighted by atomic mass is 10.1. The van der Waals surface area contributed by atoms with E-state index in [-0.39, 0.29) is 11.9 Å². The molecular formula is C13H21FN2. The van der Waals surface area contributed by atoms with Gasteiger partial charge in [-0.2, -0.15) is 0 Å². The van der Waals surface area contributed by atoms with Crippen LogP contribution in [0.1, 0.15) is 24.9 Å². The normalized spacial score (nSPS) is 13.1. The maximum Gasteiger partial charge on any atom is 0.123 e. The zero-order valence-electron chi connectivity index (χ0n) is 10.3. The van der Waals surface area contributed by atoms with Gasteiger partial charge in [0.2, 0.25) is 0 Å². The summed E-state index contributed by atoms with van der Waals surface area (Å²) >= 11 is 0.